The van der Waals surface area contributed by atoms with Crippen LogP contribution in [-0.4, -0.2) is 55.5 Å². The lowest BCUT2D eigenvalue weighted by atomic mass is 9.85. The molecule has 1 fully saturated rings. The fourth-order valence-electron chi connectivity index (χ4n) is 5.63. The third-order valence-corrected chi connectivity index (χ3v) is 9.94. The van der Waals surface area contributed by atoms with E-state index >= 15 is 0 Å². The number of carboxylic acids is 1. The molecule has 6 rings (SSSR count). The van der Waals surface area contributed by atoms with E-state index in [1.54, 1.807) is 44.3 Å². The van der Waals surface area contributed by atoms with Crippen molar-refractivity contribution < 1.29 is 36.2 Å². The normalized spacial score (nSPS) is 18.2. The summed E-state index contributed by atoms with van der Waals surface area (Å²) in [4.78, 5) is 16.3. The lowest BCUT2D eigenvalue weighted by Gasteiger charge is -2.25. The lowest BCUT2D eigenvalue weighted by Crippen LogP contribution is -2.38. The summed E-state index contributed by atoms with van der Waals surface area (Å²) in [6.07, 6.45) is -0.929. The molecule has 226 valence electrons. The molecule has 1 aromatic carbocycles. The highest BCUT2D eigenvalue weighted by Crippen LogP contribution is 2.46. The molecule has 0 radical (unpaired) electrons. The summed E-state index contributed by atoms with van der Waals surface area (Å²) < 4.78 is 76.3. The molecule has 0 saturated heterocycles. The number of carbonyl (C=O) groups is 1. The Kier molecular flexibility index (Phi) is 6.77. The Morgan fingerprint density at radius 3 is 2.56 bits per heavy atom. The molecule has 14 heteroatoms. The van der Waals surface area contributed by atoms with Gasteiger partial charge in [0.25, 0.3) is 0 Å². The number of hydrogen-bond acceptors (Lipinski definition) is 7. The molecule has 0 bridgehead atoms. The molecular formula is C29H28F3N5O5S. The van der Waals surface area contributed by atoms with Crippen LogP contribution in [-0.2, 0) is 27.5 Å². The fraction of sp³-hybridized carbons (Fsp3) is 0.379. The zero-order valence-electron chi connectivity index (χ0n) is 23.5. The van der Waals surface area contributed by atoms with Crippen molar-refractivity contribution in [3.63, 3.8) is 0 Å². The monoisotopic (exact) mass is 615 g/mol. The van der Waals surface area contributed by atoms with Gasteiger partial charge in [-0.1, -0.05) is 18.2 Å². The molecule has 0 unspecified atom stereocenters. The van der Waals surface area contributed by atoms with Crippen LogP contribution in [0, 0.1) is 20.8 Å². The van der Waals surface area contributed by atoms with Crippen molar-refractivity contribution in [2.24, 2.45) is 0 Å². The first-order chi connectivity index (χ1) is 20.2. The maximum absolute atomic E-state index is 13.9. The zero-order chi connectivity index (χ0) is 30.9. The van der Waals surface area contributed by atoms with Gasteiger partial charge in [0.05, 0.1) is 13.0 Å². The summed E-state index contributed by atoms with van der Waals surface area (Å²) in [5.74, 6) is -2.94. The van der Waals surface area contributed by atoms with E-state index in [2.05, 4.69) is 15.2 Å². The molecule has 4 aromatic rings. The molecule has 1 aliphatic carbocycles. The number of halogens is 3. The highest BCUT2D eigenvalue weighted by Gasteiger charge is 2.52. The predicted octanol–water partition coefficient (Wildman–Crippen LogP) is 4.79. The van der Waals surface area contributed by atoms with Crippen molar-refractivity contribution in [2.45, 2.75) is 69.2 Å². The van der Waals surface area contributed by atoms with Gasteiger partial charge in [-0.3, -0.25) is 9.20 Å². The predicted molar refractivity (Wildman–Crippen MR) is 147 cm³/mol. The quantitative estimate of drug-likeness (QED) is 0.328. The molecular weight excluding hydrogens is 587 g/mol. The van der Waals surface area contributed by atoms with Crippen LogP contribution in [0.15, 0.2) is 47.6 Å². The first-order valence-corrected chi connectivity index (χ1v) is 15.0. The maximum atomic E-state index is 13.9. The van der Waals surface area contributed by atoms with Gasteiger partial charge in [0, 0.05) is 24.9 Å². The summed E-state index contributed by atoms with van der Waals surface area (Å²) in [7, 11) is -3.99. The Morgan fingerprint density at radius 2 is 1.88 bits per heavy atom. The molecule has 2 aliphatic rings. The van der Waals surface area contributed by atoms with Gasteiger partial charge in [0.1, 0.15) is 10.5 Å². The minimum Gasteiger partial charge on any atom is -0.481 e. The van der Waals surface area contributed by atoms with Gasteiger partial charge in [-0.05, 0) is 79.1 Å². The first-order valence-electron chi connectivity index (χ1n) is 13.6. The van der Waals surface area contributed by atoms with Crippen molar-refractivity contribution >= 4 is 21.6 Å². The van der Waals surface area contributed by atoms with Gasteiger partial charge in [-0.2, -0.15) is 17.5 Å². The summed E-state index contributed by atoms with van der Waals surface area (Å²) in [6.45, 7) is 5.32. The molecule has 1 N–H and O–H groups in total. The number of sulfonamides is 1. The number of hydrogen-bond donors (Lipinski definition) is 1. The van der Waals surface area contributed by atoms with Crippen molar-refractivity contribution in [3.8, 4) is 5.88 Å². The summed E-state index contributed by atoms with van der Waals surface area (Å²) in [5, 5.41) is 16.8. The average molecular weight is 616 g/mol. The number of ether oxygens (including phenoxy) is 1. The summed E-state index contributed by atoms with van der Waals surface area (Å²) in [6, 6.07) is 8.32. The molecule has 1 spiro atoms. The van der Waals surface area contributed by atoms with Crippen LogP contribution in [0.1, 0.15) is 64.4 Å². The number of alkyl halides is 3. The zero-order valence-corrected chi connectivity index (χ0v) is 24.3. The van der Waals surface area contributed by atoms with Crippen LogP contribution < -0.4 is 4.74 Å². The van der Waals surface area contributed by atoms with Crippen LogP contribution >= 0.6 is 0 Å². The highest BCUT2D eigenvalue weighted by atomic mass is 32.2. The molecule has 10 nitrogen and oxygen atoms in total. The molecule has 3 aromatic heterocycles. The summed E-state index contributed by atoms with van der Waals surface area (Å²) in [5.41, 5.74) is 2.87. The smallest absolute Gasteiger partial charge is 0.452 e. The second-order valence-electron chi connectivity index (χ2n) is 11.3. The van der Waals surface area contributed by atoms with E-state index in [0.29, 0.717) is 40.7 Å². The number of rotatable bonds is 6. The minimum absolute atomic E-state index is 0.00398. The van der Waals surface area contributed by atoms with E-state index in [1.165, 1.54) is 16.6 Å². The number of nitrogens with zero attached hydrogens (tertiary/aromatic N) is 5. The number of carboxylic acid groups (broad SMARTS) is 1. The topological polar surface area (TPSA) is 127 Å². The van der Waals surface area contributed by atoms with Crippen molar-refractivity contribution in [1.29, 1.82) is 0 Å². The van der Waals surface area contributed by atoms with Crippen LogP contribution in [0.3, 0.4) is 0 Å². The van der Waals surface area contributed by atoms with Crippen LogP contribution in [0.4, 0.5) is 13.2 Å². The van der Waals surface area contributed by atoms with Crippen LogP contribution in [0.2, 0.25) is 0 Å². The van der Waals surface area contributed by atoms with Gasteiger partial charge in [0.15, 0.2) is 5.65 Å². The number of fused-ring (bicyclic) bond motifs is 2. The molecule has 1 aliphatic heterocycles. The number of aryl methyl sites for hydroxylation is 3. The van der Waals surface area contributed by atoms with Gasteiger partial charge in [-0.15, -0.1) is 10.2 Å². The van der Waals surface area contributed by atoms with E-state index in [-0.39, 0.29) is 35.9 Å². The second-order valence-corrected chi connectivity index (χ2v) is 13.2. The Bertz CT molecular complexity index is 1890. The first kappa shape index (κ1) is 29.1. The van der Waals surface area contributed by atoms with Gasteiger partial charge >= 0.3 is 12.1 Å². The molecule has 1 atom stereocenters. The number of aliphatic carboxylic acids is 1. The lowest BCUT2D eigenvalue weighted by molar-refractivity contribution is -0.145. The van der Waals surface area contributed by atoms with Crippen LogP contribution in [0.25, 0.3) is 5.65 Å². The number of benzene rings is 1. The van der Waals surface area contributed by atoms with E-state index in [4.69, 9.17) is 4.74 Å². The maximum Gasteiger partial charge on any atom is 0.452 e. The standard InChI is InChI=1S/C29H28F3N5O5S/c1-16-10-23-26(33-13-16)42-28(7-8-28)15-36(43(23,40)41)14-20-11-19(5-4-17(20)2)22(12-24(38)39)21-6-9-37-25(18(21)3)34-35-27(37)29(30,31)32/h4-6,9-11,13,22H,7-8,12,14-15H2,1-3H3,(H,38,39)/t22-/m1/s1. The molecule has 1 saturated carbocycles. The fourth-order valence-corrected chi connectivity index (χ4v) is 7.28. The highest BCUT2D eigenvalue weighted by molar-refractivity contribution is 7.89. The number of pyridine rings is 2. The summed E-state index contributed by atoms with van der Waals surface area (Å²) >= 11 is 0. The third-order valence-electron chi connectivity index (χ3n) is 8.16. The van der Waals surface area contributed by atoms with E-state index in [1.807, 2.05) is 6.92 Å². The molecule has 4 heterocycles. The third kappa shape index (κ3) is 5.22. The van der Waals surface area contributed by atoms with Gasteiger partial charge < -0.3 is 9.84 Å². The largest absolute Gasteiger partial charge is 0.481 e. The van der Waals surface area contributed by atoms with E-state index < -0.39 is 39.5 Å². The van der Waals surface area contributed by atoms with Crippen molar-refractivity contribution in [2.75, 3.05) is 6.54 Å². The Morgan fingerprint density at radius 1 is 1.14 bits per heavy atom. The van der Waals surface area contributed by atoms with Crippen molar-refractivity contribution in [1.82, 2.24) is 23.9 Å². The Hall–Kier alpha value is -4.04. The molecule has 0 amide bonds. The van der Waals surface area contributed by atoms with Crippen LogP contribution in [0.5, 0.6) is 5.88 Å². The van der Waals surface area contributed by atoms with Gasteiger partial charge in [-0.25, -0.2) is 13.4 Å². The second kappa shape index (κ2) is 10.0. The van der Waals surface area contributed by atoms with Gasteiger partial charge in [0.2, 0.25) is 21.7 Å². The minimum atomic E-state index is -4.72. The van der Waals surface area contributed by atoms with E-state index in [0.717, 1.165) is 9.96 Å². The molecule has 43 heavy (non-hydrogen) atoms. The average Bonchev–Trinajstić information content (AvgIpc) is 3.54. The van der Waals surface area contributed by atoms with Crippen molar-refractivity contribution in [3.05, 3.63) is 81.9 Å². The Balaban J connectivity index is 1.40. The number of aromatic nitrogens is 4. The van der Waals surface area contributed by atoms with E-state index in [9.17, 15) is 31.5 Å². The SMILES string of the molecule is Cc1cnc2c(c1)S(=O)(=O)N(Cc1cc([C@@H](CC(=O)O)c3ccn4c(C(F)(F)F)nnc4c3C)ccc1C)CC1(CC1)O2. The Labute approximate surface area is 245 Å².